The fraction of sp³-hybridized carbons (Fsp3) is 0.615. The highest BCUT2D eigenvalue weighted by Gasteiger charge is 2.25. The number of carbonyl (C=O) groups excluding carboxylic acids is 1. The van der Waals surface area contributed by atoms with Gasteiger partial charge in [-0.25, -0.2) is 0 Å². The summed E-state index contributed by atoms with van der Waals surface area (Å²) in [5.74, 6) is 3.34. The van der Waals surface area contributed by atoms with Crippen molar-refractivity contribution in [2.24, 2.45) is 0 Å². The molecule has 1 aromatic heterocycles. The highest BCUT2D eigenvalue weighted by atomic mass is 16.5. The predicted molar refractivity (Wildman–Crippen MR) is 190 cm³/mol. The molecule has 0 saturated carbocycles. The summed E-state index contributed by atoms with van der Waals surface area (Å²) < 4.78 is 8.23. The molecule has 2 heterocycles. The van der Waals surface area contributed by atoms with Crippen molar-refractivity contribution in [2.45, 2.75) is 118 Å². The number of allylic oxidation sites excluding steroid dienone is 3. The van der Waals surface area contributed by atoms with E-state index in [0.717, 1.165) is 89.0 Å². The SMILES string of the molecule is C#CC(C=C(C)C)N(CCN1CCOCC1CC)CCn1c(C(C)/C=C\C)c(CCCC)c2ccc(C=O)cc21.CCCC. The summed E-state index contributed by atoms with van der Waals surface area (Å²) in [5, 5.41) is 1.27. The molecule has 0 aliphatic carbocycles. The summed E-state index contributed by atoms with van der Waals surface area (Å²) in [5.41, 5.74) is 5.89. The Bertz CT molecular complexity index is 1230. The van der Waals surface area contributed by atoms with E-state index >= 15 is 0 Å². The van der Waals surface area contributed by atoms with Gasteiger partial charge in [-0.05, 0) is 51.7 Å². The van der Waals surface area contributed by atoms with Gasteiger partial charge < -0.3 is 9.30 Å². The largest absolute Gasteiger partial charge is 0.378 e. The van der Waals surface area contributed by atoms with Crippen LogP contribution in [-0.2, 0) is 17.7 Å². The molecule has 5 heteroatoms. The molecule has 1 fully saturated rings. The Kier molecular flexibility index (Phi) is 17.4. The molecule has 1 saturated heterocycles. The second kappa shape index (κ2) is 20.4. The zero-order chi connectivity index (χ0) is 32.5. The number of rotatable bonds is 16. The minimum atomic E-state index is -0.0607. The van der Waals surface area contributed by atoms with Crippen LogP contribution in [0.15, 0.2) is 42.0 Å². The van der Waals surface area contributed by atoms with Crippen LogP contribution in [0.4, 0.5) is 0 Å². The van der Waals surface area contributed by atoms with Crippen LogP contribution in [0.3, 0.4) is 0 Å². The molecule has 1 aliphatic heterocycles. The Morgan fingerprint density at radius 2 is 1.86 bits per heavy atom. The summed E-state index contributed by atoms with van der Waals surface area (Å²) >= 11 is 0. The lowest BCUT2D eigenvalue weighted by atomic mass is 9.97. The van der Waals surface area contributed by atoms with Gasteiger partial charge in [0.05, 0.1) is 19.3 Å². The van der Waals surface area contributed by atoms with Crippen LogP contribution in [0, 0.1) is 12.3 Å². The third-order valence-electron chi connectivity index (χ3n) is 8.73. The van der Waals surface area contributed by atoms with Gasteiger partial charge >= 0.3 is 0 Å². The second-order valence-electron chi connectivity index (χ2n) is 12.4. The van der Waals surface area contributed by atoms with Crippen molar-refractivity contribution in [3.63, 3.8) is 0 Å². The molecular weight excluding hydrogens is 542 g/mol. The van der Waals surface area contributed by atoms with Gasteiger partial charge in [0.25, 0.3) is 0 Å². The minimum Gasteiger partial charge on any atom is -0.378 e. The molecule has 0 bridgehead atoms. The molecule has 5 nitrogen and oxygen atoms in total. The van der Waals surface area contributed by atoms with Crippen molar-refractivity contribution in [3.05, 3.63) is 58.8 Å². The lowest BCUT2D eigenvalue weighted by Gasteiger charge is -2.37. The third kappa shape index (κ3) is 10.8. The number of morpholine rings is 1. The summed E-state index contributed by atoms with van der Waals surface area (Å²) in [4.78, 5) is 16.8. The van der Waals surface area contributed by atoms with E-state index in [2.05, 4.69) is 106 Å². The van der Waals surface area contributed by atoms with Crippen molar-refractivity contribution in [1.29, 1.82) is 0 Å². The maximum Gasteiger partial charge on any atom is 0.150 e. The first kappa shape index (κ1) is 37.5. The lowest BCUT2D eigenvalue weighted by Crippen LogP contribution is -2.49. The molecule has 244 valence electrons. The van der Waals surface area contributed by atoms with E-state index in [4.69, 9.17) is 11.2 Å². The summed E-state index contributed by atoms with van der Waals surface area (Å²) in [6, 6.07) is 6.59. The van der Waals surface area contributed by atoms with Crippen molar-refractivity contribution >= 4 is 17.2 Å². The lowest BCUT2D eigenvalue weighted by molar-refractivity contribution is -0.0125. The van der Waals surface area contributed by atoms with Crippen LogP contribution < -0.4 is 0 Å². The zero-order valence-electron chi connectivity index (χ0n) is 29.2. The van der Waals surface area contributed by atoms with Gasteiger partial charge in [0, 0.05) is 66.8 Å². The summed E-state index contributed by atoms with van der Waals surface area (Å²) in [6.07, 6.45) is 20.8. The Morgan fingerprint density at radius 1 is 1.14 bits per heavy atom. The highest BCUT2D eigenvalue weighted by molar-refractivity contribution is 5.91. The smallest absolute Gasteiger partial charge is 0.150 e. The molecule has 0 amide bonds. The van der Waals surface area contributed by atoms with Crippen molar-refractivity contribution in [3.8, 4) is 12.3 Å². The minimum absolute atomic E-state index is 0.0607. The monoisotopic (exact) mass is 603 g/mol. The average molecular weight is 604 g/mol. The first-order valence-corrected chi connectivity index (χ1v) is 17.2. The maximum atomic E-state index is 11.8. The number of benzene rings is 1. The third-order valence-corrected chi connectivity index (χ3v) is 8.73. The molecule has 3 unspecified atom stereocenters. The quantitative estimate of drug-likeness (QED) is 0.109. The van der Waals surface area contributed by atoms with Gasteiger partial charge in [-0.1, -0.05) is 95.7 Å². The molecule has 0 N–H and O–H groups in total. The molecule has 1 aliphatic rings. The number of ether oxygens (including phenoxy) is 1. The number of fused-ring (bicyclic) bond motifs is 1. The Balaban J connectivity index is 0.00000159. The van der Waals surface area contributed by atoms with Gasteiger partial charge in [-0.15, -0.1) is 6.42 Å². The van der Waals surface area contributed by atoms with E-state index in [0.29, 0.717) is 6.04 Å². The van der Waals surface area contributed by atoms with Crippen molar-refractivity contribution in [2.75, 3.05) is 39.4 Å². The number of nitrogens with zero attached hydrogens (tertiary/aromatic N) is 3. The van der Waals surface area contributed by atoms with Crippen LogP contribution in [0.2, 0.25) is 0 Å². The van der Waals surface area contributed by atoms with Gasteiger partial charge in [0.15, 0.2) is 0 Å². The van der Waals surface area contributed by atoms with E-state index in [1.165, 1.54) is 35.1 Å². The molecule has 44 heavy (non-hydrogen) atoms. The molecule has 2 aromatic rings. The first-order valence-electron chi connectivity index (χ1n) is 17.2. The van der Waals surface area contributed by atoms with E-state index in [1.807, 2.05) is 6.07 Å². The van der Waals surface area contributed by atoms with Crippen molar-refractivity contribution in [1.82, 2.24) is 14.4 Å². The number of aromatic nitrogens is 1. The first-order chi connectivity index (χ1) is 21.3. The van der Waals surface area contributed by atoms with Crippen LogP contribution >= 0.6 is 0 Å². The van der Waals surface area contributed by atoms with Crippen LogP contribution in [0.5, 0.6) is 0 Å². The molecule has 3 rings (SSSR count). The van der Waals surface area contributed by atoms with E-state index in [1.54, 1.807) is 0 Å². The number of carbonyl (C=O) groups is 1. The molecule has 0 spiro atoms. The van der Waals surface area contributed by atoms with Gasteiger partial charge in [0.1, 0.15) is 6.29 Å². The fourth-order valence-electron chi connectivity index (χ4n) is 6.10. The van der Waals surface area contributed by atoms with Crippen molar-refractivity contribution < 1.29 is 9.53 Å². The van der Waals surface area contributed by atoms with Crippen LogP contribution in [0.1, 0.15) is 115 Å². The predicted octanol–water partition coefficient (Wildman–Crippen LogP) is 8.66. The van der Waals surface area contributed by atoms with Gasteiger partial charge in [0.2, 0.25) is 0 Å². The van der Waals surface area contributed by atoms with Crippen LogP contribution in [-0.4, -0.2) is 72.1 Å². The Labute approximate surface area is 269 Å². The van der Waals surface area contributed by atoms with Gasteiger partial charge in [-0.3, -0.25) is 14.6 Å². The fourth-order valence-corrected chi connectivity index (χ4v) is 6.10. The standard InChI is InChI=1S/C35H51N3O2.C4H10/c1-8-12-14-33-32-16-15-29(25-39)24-34(32)38(35(33)28(7)13-9-2)20-19-36(30(10-3)23-27(5)6)17-18-37-21-22-40-26-31(37)11-4;1-3-4-2/h3,9,13,15-16,23-25,28,30-31H,8,11-12,14,17-22,26H2,1-2,4-7H3;3-4H2,1-2H3/b13-9-;. The topological polar surface area (TPSA) is 37.7 Å². The van der Waals surface area contributed by atoms with E-state index < -0.39 is 0 Å². The number of aldehydes is 1. The molecular formula is C39H61N3O2. The molecule has 1 aromatic carbocycles. The highest BCUT2D eigenvalue weighted by Crippen LogP contribution is 2.34. The normalized spacial score (nSPS) is 16.9. The van der Waals surface area contributed by atoms with E-state index in [9.17, 15) is 4.79 Å². The number of hydrogen-bond acceptors (Lipinski definition) is 4. The number of unbranched alkanes of at least 4 members (excludes halogenated alkanes) is 2. The summed E-state index contributed by atoms with van der Waals surface area (Å²) in [7, 11) is 0. The number of hydrogen-bond donors (Lipinski definition) is 0. The number of aryl methyl sites for hydroxylation is 1. The van der Waals surface area contributed by atoms with Gasteiger partial charge in [-0.2, -0.15) is 0 Å². The van der Waals surface area contributed by atoms with E-state index in [-0.39, 0.29) is 12.0 Å². The Morgan fingerprint density at radius 3 is 2.45 bits per heavy atom. The molecule has 0 radical (unpaired) electrons. The molecule has 3 atom stereocenters. The number of terminal acetylenes is 1. The Hall–Kier alpha value is -2.65. The van der Waals surface area contributed by atoms with Crippen LogP contribution in [0.25, 0.3) is 10.9 Å². The average Bonchev–Trinajstić information content (AvgIpc) is 3.35. The second-order valence-corrected chi connectivity index (χ2v) is 12.4. The summed E-state index contributed by atoms with van der Waals surface area (Å²) in [6.45, 7) is 23.6. The maximum absolute atomic E-state index is 11.8. The zero-order valence-corrected chi connectivity index (χ0v) is 29.2.